The number of carbonyl (C=O) groups excluding carboxylic acids is 1. The van der Waals surface area contributed by atoms with Crippen molar-refractivity contribution in [3.8, 4) is 11.5 Å². The molecule has 158 valence electrons. The summed E-state index contributed by atoms with van der Waals surface area (Å²) in [5.74, 6) is 0.775. The van der Waals surface area contributed by atoms with Crippen LogP contribution >= 0.6 is 0 Å². The zero-order chi connectivity index (χ0) is 20.3. The Balaban J connectivity index is 1.91. The molecule has 0 bridgehead atoms. The quantitative estimate of drug-likeness (QED) is 0.112. The van der Waals surface area contributed by atoms with Gasteiger partial charge in [-0.15, -0.1) is 0 Å². The highest BCUT2D eigenvalue weighted by atomic mass is 16.5. The number of esters is 1. The van der Waals surface area contributed by atoms with E-state index in [4.69, 9.17) is 9.47 Å². The van der Waals surface area contributed by atoms with Crippen molar-refractivity contribution in [3.05, 3.63) is 36.9 Å². The van der Waals surface area contributed by atoms with E-state index in [9.17, 15) is 4.79 Å². The largest absolute Gasteiger partial charge is 0.493 e. The van der Waals surface area contributed by atoms with E-state index in [1.54, 1.807) is 12.1 Å². The average molecular weight is 389 g/mol. The Morgan fingerprint density at radius 2 is 1.32 bits per heavy atom. The van der Waals surface area contributed by atoms with E-state index in [0.717, 1.165) is 18.2 Å². The lowest BCUT2D eigenvalue weighted by molar-refractivity contribution is -0.128. The van der Waals surface area contributed by atoms with Gasteiger partial charge in [0.2, 0.25) is 0 Å². The van der Waals surface area contributed by atoms with Gasteiger partial charge in [-0.25, -0.2) is 4.79 Å². The van der Waals surface area contributed by atoms with Gasteiger partial charge in [0.1, 0.15) is 11.5 Å². The predicted octanol–water partition coefficient (Wildman–Crippen LogP) is 7.64. The zero-order valence-electron chi connectivity index (χ0n) is 17.9. The van der Waals surface area contributed by atoms with Gasteiger partial charge in [-0.2, -0.15) is 0 Å². The maximum Gasteiger partial charge on any atom is 0.335 e. The summed E-state index contributed by atoms with van der Waals surface area (Å²) in [5.41, 5.74) is 0. The summed E-state index contributed by atoms with van der Waals surface area (Å²) in [6.07, 6.45) is 20.1. The maximum absolute atomic E-state index is 11.2. The summed E-state index contributed by atoms with van der Waals surface area (Å²) in [4.78, 5) is 11.2. The van der Waals surface area contributed by atoms with Crippen LogP contribution in [-0.2, 0) is 4.79 Å². The maximum atomic E-state index is 11.2. The average Bonchev–Trinajstić information content (AvgIpc) is 2.71. The smallest absolute Gasteiger partial charge is 0.335 e. The van der Waals surface area contributed by atoms with Gasteiger partial charge in [0.25, 0.3) is 0 Å². The van der Waals surface area contributed by atoms with Crippen LogP contribution in [0.2, 0.25) is 0 Å². The lowest BCUT2D eigenvalue weighted by Crippen LogP contribution is -2.03. The summed E-state index contributed by atoms with van der Waals surface area (Å²) >= 11 is 0. The second-order valence-electron chi connectivity index (χ2n) is 7.54. The molecule has 0 radical (unpaired) electrons. The van der Waals surface area contributed by atoms with Gasteiger partial charge in [0.15, 0.2) is 0 Å². The van der Waals surface area contributed by atoms with Gasteiger partial charge in [-0.3, -0.25) is 0 Å². The predicted molar refractivity (Wildman–Crippen MR) is 118 cm³/mol. The second-order valence-corrected chi connectivity index (χ2v) is 7.54. The standard InChI is InChI=1S/C25H40O3/c1-3-5-6-7-8-9-10-11-12-13-14-15-16-17-21-27-23-19-18-20-24(22-23)28-25(26)4-2/h4,18-20,22H,2-3,5-17,21H2,1H3. The molecule has 1 rings (SSSR count). The molecule has 0 aliphatic rings. The highest BCUT2D eigenvalue weighted by Crippen LogP contribution is 2.20. The Kier molecular flexibility index (Phi) is 15.0. The molecule has 0 saturated heterocycles. The first-order valence-corrected chi connectivity index (χ1v) is 11.3. The number of rotatable bonds is 18. The lowest BCUT2D eigenvalue weighted by Gasteiger charge is -2.08. The second kappa shape index (κ2) is 17.3. The van der Waals surface area contributed by atoms with Gasteiger partial charge < -0.3 is 9.47 Å². The first-order valence-electron chi connectivity index (χ1n) is 11.3. The van der Waals surface area contributed by atoms with Crippen LogP contribution in [0.15, 0.2) is 36.9 Å². The van der Waals surface area contributed by atoms with Crippen LogP contribution < -0.4 is 9.47 Å². The Labute approximate surface area is 172 Å². The number of benzene rings is 1. The number of hydrogen-bond donors (Lipinski definition) is 0. The zero-order valence-corrected chi connectivity index (χ0v) is 17.9. The number of hydrogen-bond acceptors (Lipinski definition) is 3. The molecule has 3 heteroatoms. The van der Waals surface area contributed by atoms with Gasteiger partial charge in [-0.05, 0) is 18.6 Å². The Hall–Kier alpha value is -1.77. The number of unbranched alkanes of at least 4 members (excludes halogenated alkanes) is 13. The normalized spacial score (nSPS) is 10.6. The molecule has 0 amide bonds. The van der Waals surface area contributed by atoms with Gasteiger partial charge >= 0.3 is 5.97 Å². The minimum absolute atomic E-state index is 0.455. The lowest BCUT2D eigenvalue weighted by atomic mass is 10.0. The fourth-order valence-corrected chi connectivity index (χ4v) is 3.27. The number of carbonyl (C=O) groups is 1. The highest BCUT2D eigenvalue weighted by Gasteiger charge is 2.02. The number of ether oxygens (including phenoxy) is 2. The molecule has 0 atom stereocenters. The van der Waals surface area contributed by atoms with Crippen molar-refractivity contribution >= 4 is 5.97 Å². The third-order valence-corrected chi connectivity index (χ3v) is 4.96. The van der Waals surface area contributed by atoms with E-state index in [1.165, 1.54) is 83.5 Å². The van der Waals surface area contributed by atoms with Crippen molar-refractivity contribution in [3.63, 3.8) is 0 Å². The summed E-state index contributed by atoms with van der Waals surface area (Å²) in [6, 6.07) is 7.19. The topological polar surface area (TPSA) is 35.5 Å². The van der Waals surface area contributed by atoms with Crippen LogP contribution in [0.25, 0.3) is 0 Å². The van der Waals surface area contributed by atoms with E-state index < -0.39 is 5.97 Å². The molecule has 0 unspecified atom stereocenters. The Morgan fingerprint density at radius 3 is 1.86 bits per heavy atom. The SMILES string of the molecule is C=CC(=O)Oc1cccc(OCCCCCCCCCCCCCCCC)c1. The molecule has 1 aromatic carbocycles. The molecule has 28 heavy (non-hydrogen) atoms. The molecule has 0 N–H and O–H groups in total. The minimum Gasteiger partial charge on any atom is -0.493 e. The fourth-order valence-electron chi connectivity index (χ4n) is 3.27. The van der Waals surface area contributed by atoms with Crippen molar-refractivity contribution in [2.24, 2.45) is 0 Å². The van der Waals surface area contributed by atoms with Crippen LogP contribution in [0.5, 0.6) is 11.5 Å². The third kappa shape index (κ3) is 13.4. The molecule has 0 fully saturated rings. The molecule has 1 aromatic rings. The molecule has 0 heterocycles. The molecule has 0 aliphatic carbocycles. The summed E-state index contributed by atoms with van der Waals surface area (Å²) < 4.78 is 10.8. The first kappa shape index (κ1) is 24.3. The van der Waals surface area contributed by atoms with Crippen LogP contribution in [-0.4, -0.2) is 12.6 Å². The van der Waals surface area contributed by atoms with Crippen LogP contribution in [0, 0.1) is 0 Å². The van der Waals surface area contributed by atoms with Gasteiger partial charge in [0.05, 0.1) is 6.61 Å². The van der Waals surface area contributed by atoms with Crippen molar-refractivity contribution < 1.29 is 14.3 Å². The molecular weight excluding hydrogens is 348 g/mol. The fraction of sp³-hybridized carbons (Fsp3) is 0.640. The highest BCUT2D eigenvalue weighted by molar-refractivity contribution is 5.83. The molecular formula is C25H40O3. The van der Waals surface area contributed by atoms with Crippen molar-refractivity contribution in [1.29, 1.82) is 0 Å². The van der Waals surface area contributed by atoms with Crippen molar-refractivity contribution in [1.82, 2.24) is 0 Å². The first-order chi connectivity index (χ1) is 13.8. The van der Waals surface area contributed by atoms with Crippen LogP contribution in [0.1, 0.15) is 96.8 Å². The monoisotopic (exact) mass is 388 g/mol. The molecule has 0 spiro atoms. The molecule has 0 aromatic heterocycles. The summed E-state index contributed by atoms with van der Waals surface area (Å²) in [6.45, 7) is 6.38. The van der Waals surface area contributed by atoms with Gasteiger partial charge in [0, 0.05) is 12.1 Å². The van der Waals surface area contributed by atoms with Crippen LogP contribution in [0.3, 0.4) is 0 Å². The summed E-state index contributed by atoms with van der Waals surface area (Å²) in [7, 11) is 0. The van der Waals surface area contributed by atoms with Crippen molar-refractivity contribution in [2.45, 2.75) is 96.8 Å². The van der Waals surface area contributed by atoms with E-state index in [0.29, 0.717) is 12.4 Å². The van der Waals surface area contributed by atoms with Crippen molar-refractivity contribution in [2.75, 3.05) is 6.61 Å². The molecule has 0 aliphatic heterocycles. The third-order valence-electron chi connectivity index (χ3n) is 4.96. The Bertz CT molecular complexity index is 524. The Morgan fingerprint density at radius 1 is 0.821 bits per heavy atom. The van der Waals surface area contributed by atoms with E-state index >= 15 is 0 Å². The van der Waals surface area contributed by atoms with E-state index in [2.05, 4.69) is 13.5 Å². The van der Waals surface area contributed by atoms with Gasteiger partial charge in [-0.1, -0.05) is 103 Å². The molecule has 0 saturated carbocycles. The summed E-state index contributed by atoms with van der Waals surface area (Å²) in [5, 5.41) is 0. The molecule has 3 nitrogen and oxygen atoms in total. The van der Waals surface area contributed by atoms with E-state index in [1.807, 2.05) is 12.1 Å². The van der Waals surface area contributed by atoms with Crippen LogP contribution in [0.4, 0.5) is 0 Å². The van der Waals surface area contributed by atoms with E-state index in [-0.39, 0.29) is 0 Å². The minimum atomic E-state index is -0.455.